The molecule has 7 heteroatoms. The van der Waals surface area contributed by atoms with Crippen molar-refractivity contribution in [2.45, 2.75) is 26.8 Å². The molecule has 27 heavy (non-hydrogen) atoms. The van der Waals surface area contributed by atoms with Gasteiger partial charge in [0, 0.05) is 36.2 Å². The molecule has 0 unspecified atom stereocenters. The zero-order valence-corrected chi connectivity index (χ0v) is 16.3. The number of nitrogens with zero attached hydrogens (tertiary/aromatic N) is 2. The number of benzene rings is 1. The molecule has 2 saturated heterocycles. The number of ketones is 1. The van der Waals surface area contributed by atoms with Crippen LogP contribution in [0.5, 0.6) is 0 Å². The highest BCUT2D eigenvalue weighted by molar-refractivity contribution is 6.08. The lowest BCUT2D eigenvalue weighted by Gasteiger charge is -2.18. The molecule has 4 rings (SSSR count). The molecule has 0 bridgehead atoms. The number of esters is 1. The van der Waals surface area contributed by atoms with Crippen molar-refractivity contribution < 1.29 is 19.1 Å². The number of para-hydroxylation sites is 1. The highest BCUT2D eigenvalue weighted by Gasteiger charge is 2.45. The molecule has 1 aromatic heterocycles. The molecular weight excluding hydrogens is 368 g/mol. The van der Waals surface area contributed by atoms with Crippen LogP contribution in [0.3, 0.4) is 0 Å². The van der Waals surface area contributed by atoms with E-state index in [1.807, 2.05) is 22.8 Å². The zero-order valence-electron chi connectivity index (χ0n) is 15.4. The molecule has 2 aliphatic rings. The first-order valence-electron chi connectivity index (χ1n) is 9.05. The molecular formula is C20H23ClN2O4. The number of fused-ring (bicyclic) bond motifs is 2. The Balaban J connectivity index is 0.00000210. The summed E-state index contributed by atoms with van der Waals surface area (Å²) in [6.45, 7) is 5.20. The topological polar surface area (TPSA) is 68.6 Å². The summed E-state index contributed by atoms with van der Waals surface area (Å²) in [4.78, 5) is 38.3. The molecule has 2 aliphatic heterocycles. The van der Waals surface area contributed by atoms with Gasteiger partial charge in [0.2, 0.25) is 5.91 Å². The number of likely N-dealkylation sites (tertiary alicyclic amines) is 1. The summed E-state index contributed by atoms with van der Waals surface area (Å²) < 4.78 is 6.95. The standard InChI is InChI=1S/C20H22N2O4.ClH/c1-3-13-5-4-6-15-16(12(2)23)8-22(19(13)15)10-18(24)21-7-14-11-26-20(25)17(14)9-21;/h4-6,8,14,17H,3,7,9-11H2,1-2H3;1H/t14-,17-;/m1./s1. The molecule has 6 nitrogen and oxygen atoms in total. The van der Waals surface area contributed by atoms with E-state index in [0.717, 1.165) is 22.9 Å². The SMILES string of the molecule is CCc1cccc2c(C(C)=O)cn(CC(=O)N3C[C@@H]4COC(=O)[C@@H]4C3)c12.Cl. The van der Waals surface area contributed by atoms with Gasteiger partial charge in [-0.25, -0.2) is 0 Å². The number of carbonyl (C=O) groups is 3. The summed E-state index contributed by atoms with van der Waals surface area (Å²) >= 11 is 0. The van der Waals surface area contributed by atoms with Crippen molar-refractivity contribution in [2.24, 2.45) is 11.8 Å². The van der Waals surface area contributed by atoms with Crippen molar-refractivity contribution >= 4 is 41.0 Å². The van der Waals surface area contributed by atoms with E-state index in [1.54, 1.807) is 18.0 Å². The van der Waals surface area contributed by atoms with Gasteiger partial charge in [0.15, 0.2) is 5.78 Å². The quantitative estimate of drug-likeness (QED) is 0.594. The lowest BCUT2D eigenvalue weighted by atomic mass is 10.0. The van der Waals surface area contributed by atoms with Gasteiger partial charge in [-0.15, -0.1) is 12.4 Å². The predicted octanol–water partition coefficient (Wildman–Crippen LogP) is 2.46. The Morgan fingerprint density at radius 3 is 2.70 bits per heavy atom. The van der Waals surface area contributed by atoms with Gasteiger partial charge in [-0.3, -0.25) is 14.4 Å². The molecule has 2 atom stereocenters. The van der Waals surface area contributed by atoms with Gasteiger partial charge in [-0.2, -0.15) is 0 Å². The summed E-state index contributed by atoms with van der Waals surface area (Å²) in [7, 11) is 0. The minimum absolute atomic E-state index is 0. The van der Waals surface area contributed by atoms with Crippen LogP contribution in [0.4, 0.5) is 0 Å². The molecule has 1 amide bonds. The van der Waals surface area contributed by atoms with Gasteiger partial charge in [-0.05, 0) is 18.9 Å². The van der Waals surface area contributed by atoms with E-state index < -0.39 is 0 Å². The highest BCUT2D eigenvalue weighted by Crippen LogP contribution is 2.31. The van der Waals surface area contributed by atoms with Crippen LogP contribution in [0.2, 0.25) is 0 Å². The fraction of sp³-hybridized carbons (Fsp3) is 0.450. The molecule has 0 aliphatic carbocycles. The number of cyclic esters (lactones) is 1. The predicted molar refractivity (Wildman–Crippen MR) is 103 cm³/mol. The van der Waals surface area contributed by atoms with E-state index >= 15 is 0 Å². The Morgan fingerprint density at radius 2 is 2.04 bits per heavy atom. The summed E-state index contributed by atoms with van der Waals surface area (Å²) in [6.07, 6.45) is 2.61. The van der Waals surface area contributed by atoms with Gasteiger partial charge in [0.1, 0.15) is 6.54 Å². The minimum atomic E-state index is -0.191. The van der Waals surface area contributed by atoms with Crippen LogP contribution in [0.25, 0.3) is 10.9 Å². The Hall–Kier alpha value is -2.34. The Morgan fingerprint density at radius 1 is 1.26 bits per heavy atom. The van der Waals surface area contributed by atoms with Crippen LogP contribution in [0, 0.1) is 11.8 Å². The number of amides is 1. The van der Waals surface area contributed by atoms with E-state index in [2.05, 4.69) is 6.92 Å². The second kappa shape index (κ2) is 7.35. The highest BCUT2D eigenvalue weighted by atomic mass is 35.5. The van der Waals surface area contributed by atoms with Crippen molar-refractivity contribution in [3.63, 3.8) is 0 Å². The molecule has 1 aromatic carbocycles. The average Bonchev–Trinajstić information content (AvgIpc) is 3.29. The third-order valence-corrected chi connectivity index (χ3v) is 5.58. The normalized spacial score (nSPS) is 21.1. The summed E-state index contributed by atoms with van der Waals surface area (Å²) in [6, 6.07) is 5.92. The summed E-state index contributed by atoms with van der Waals surface area (Å²) in [5.41, 5.74) is 2.71. The van der Waals surface area contributed by atoms with Crippen molar-refractivity contribution in [3.8, 4) is 0 Å². The van der Waals surface area contributed by atoms with Crippen LogP contribution >= 0.6 is 12.4 Å². The molecule has 2 aromatic rings. The first-order valence-corrected chi connectivity index (χ1v) is 9.05. The monoisotopic (exact) mass is 390 g/mol. The van der Waals surface area contributed by atoms with Crippen LogP contribution in [0.1, 0.15) is 29.8 Å². The number of rotatable bonds is 4. The second-order valence-corrected chi connectivity index (χ2v) is 7.19. The van der Waals surface area contributed by atoms with Crippen LogP contribution < -0.4 is 0 Å². The molecule has 0 saturated carbocycles. The van der Waals surface area contributed by atoms with Gasteiger partial charge in [-0.1, -0.05) is 25.1 Å². The maximum atomic E-state index is 12.8. The zero-order chi connectivity index (χ0) is 18.4. The van der Waals surface area contributed by atoms with E-state index in [4.69, 9.17) is 4.74 Å². The molecule has 0 radical (unpaired) electrons. The summed E-state index contributed by atoms with van der Waals surface area (Å²) in [5, 5.41) is 0.895. The number of hydrogen-bond donors (Lipinski definition) is 0. The number of hydrogen-bond acceptors (Lipinski definition) is 4. The first-order chi connectivity index (χ1) is 12.5. The van der Waals surface area contributed by atoms with Gasteiger partial charge < -0.3 is 14.2 Å². The maximum absolute atomic E-state index is 12.8. The number of aromatic nitrogens is 1. The number of ether oxygens (including phenoxy) is 1. The first kappa shape index (κ1) is 19.4. The number of Topliss-reactive ketones (excluding diaryl/α,β-unsaturated/α-hetero) is 1. The lowest BCUT2D eigenvalue weighted by molar-refractivity contribution is -0.142. The maximum Gasteiger partial charge on any atom is 0.311 e. The van der Waals surface area contributed by atoms with Crippen molar-refractivity contribution in [1.29, 1.82) is 0 Å². The molecule has 0 N–H and O–H groups in total. The Labute approximate surface area is 163 Å². The fourth-order valence-electron chi connectivity index (χ4n) is 4.18. The number of halogens is 1. The van der Waals surface area contributed by atoms with Gasteiger partial charge in [0.25, 0.3) is 0 Å². The van der Waals surface area contributed by atoms with Crippen molar-refractivity contribution in [2.75, 3.05) is 19.7 Å². The molecule has 0 spiro atoms. The van der Waals surface area contributed by atoms with E-state index in [0.29, 0.717) is 25.3 Å². The van der Waals surface area contributed by atoms with Crippen molar-refractivity contribution in [3.05, 3.63) is 35.5 Å². The van der Waals surface area contributed by atoms with Gasteiger partial charge >= 0.3 is 5.97 Å². The van der Waals surface area contributed by atoms with Crippen LogP contribution in [-0.2, 0) is 27.3 Å². The summed E-state index contributed by atoms with van der Waals surface area (Å²) in [5.74, 6) is -0.284. The van der Waals surface area contributed by atoms with Crippen LogP contribution in [-0.4, -0.2) is 46.8 Å². The number of carbonyl (C=O) groups excluding carboxylic acids is 3. The van der Waals surface area contributed by atoms with Crippen LogP contribution in [0.15, 0.2) is 24.4 Å². The van der Waals surface area contributed by atoms with Crippen molar-refractivity contribution in [1.82, 2.24) is 9.47 Å². The Kier molecular flexibility index (Phi) is 5.29. The third-order valence-electron chi connectivity index (χ3n) is 5.58. The Bertz CT molecular complexity index is 920. The average molecular weight is 391 g/mol. The molecule has 2 fully saturated rings. The fourth-order valence-corrected chi connectivity index (χ4v) is 4.18. The van der Waals surface area contributed by atoms with E-state index in [-0.39, 0.29) is 48.4 Å². The second-order valence-electron chi connectivity index (χ2n) is 7.19. The van der Waals surface area contributed by atoms with Gasteiger partial charge in [0.05, 0.1) is 18.0 Å². The third kappa shape index (κ3) is 3.23. The number of aryl methyl sites for hydroxylation is 1. The molecule has 144 valence electrons. The largest absolute Gasteiger partial charge is 0.465 e. The lowest BCUT2D eigenvalue weighted by Crippen LogP contribution is -2.33. The minimum Gasteiger partial charge on any atom is -0.465 e. The molecule has 3 heterocycles. The smallest absolute Gasteiger partial charge is 0.311 e. The van der Waals surface area contributed by atoms with E-state index in [9.17, 15) is 14.4 Å². The van der Waals surface area contributed by atoms with E-state index in [1.165, 1.54) is 0 Å².